The lowest BCUT2D eigenvalue weighted by atomic mass is 9.91. The minimum absolute atomic E-state index is 0.154. The number of amides is 1. The van der Waals surface area contributed by atoms with E-state index in [2.05, 4.69) is 28.9 Å². The monoisotopic (exact) mass is 384 g/mol. The van der Waals surface area contributed by atoms with Crippen LogP contribution in [0, 0.1) is 0 Å². The Labute approximate surface area is 165 Å². The fourth-order valence-electron chi connectivity index (χ4n) is 4.15. The van der Waals surface area contributed by atoms with Crippen molar-refractivity contribution in [2.75, 3.05) is 19.6 Å². The molecule has 0 radical (unpaired) electrons. The number of ether oxygens (including phenoxy) is 1. The molecule has 7 heteroatoms. The lowest BCUT2D eigenvalue weighted by molar-refractivity contribution is -0.00304. The Morgan fingerprint density at radius 2 is 1.93 bits per heavy atom. The van der Waals surface area contributed by atoms with Gasteiger partial charge >= 0.3 is 6.09 Å². The van der Waals surface area contributed by atoms with Gasteiger partial charge in [0.2, 0.25) is 11.8 Å². The third-order valence-electron chi connectivity index (χ3n) is 5.85. The van der Waals surface area contributed by atoms with Crippen LogP contribution in [-0.4, -0.2) is 57.4 Å². The minimum atomic E-state index is -0.334. The first-order valence-electron chi connectivity index (χ1n) is 10.2. The molecule has 1 spiro atoms. The van der Waals surface area contributed by atoms with Gasteiger partial charge in [-0.1, -0.05) is 31.5 Å². The van der Waals surface area contributed by atoms with Crippen LogP contribution in [0.2, 0.25) is 0 Å². The van der Waals surface area contributed by atoms with E-state index in [0.29, 0.717) is 24.9 Å². The topological polar surface area (TPSA) is 71.7 Å². The number of aromatic nitrogens is 2. The number of rotatable bonds is 6. The molecule has 2 aliphatic rings. The molecule has 1 unspecified atom stereocenters. The molecule has 28 heavy (non-hydrogen) atoms. The van der Waals surface area contributed by atoms with Crippen molar-refractivity contribution >= 4 is 6.09 Å². The average molecular weight is 384 g/mol. The minimum Gasteiger partial charge on any atom is -0.441 e. The Bertz CT molecular complexity index is 799. The van der Waals surface area contributed by atoms with E-state index in [1.165, 1.54) is 0 Å². The summed E-state index contributed by atoms with van der Waals surface area (Å²) in [5, 5.41) is 8.35. The normalized spacial score (nSPS) is 20.5. The maximum Gasteiger partial charge on any atom is 0.410 e. The molecule has 2 saturated heterocycles. The maximum atomic E-state index is 12.3. The second kappa shape index (κ2) is 7.91. The molecule has 2 aliphatic heterocycles. The van der Waals surface area contributed by atoms with E-state index in [-0.39, 0.29) is 17.7 Å². The number of hydrogen-bond acceptors (Lipinski definition) is 6. The van der Waals surface area contributed by atoms with Gasteiger partial charge in [0, 0.05) is 37.5 Å². The molecule has 1 aromatic carbocycles. The van der Waals surface area contributed by atoms with Gasteiger partial charge in [0.1, 0.15) is 5.60 Å². The van der Waals surface area contributed by atoms with Crippen LogP contribution < -0.4 is 0 Å². The van der Waals surface area contributed by atoms with Crippen LogP contribution in [0.5, 0.6) is 0 Å². The van der Waals surface area contributed by atoms with Gasteiger partial charge in [-0.15, -0.1) is 10.2 Å². The molecule has 1 amide bonds. The number of nitrogens with zero attached hydrogens (tertiary/aromatic N) is 4. The van der Waals surface area contributed by atoms with Crippen LogP contribution in [0.25, 0.3) is 11.5 Å². The molecule has 2 fully saturated rings. The van der Waals surface area contributed by atoms with E-state index >= 15 is 0 Å². The van der Waals surface area contributed by atoms with E-state index in [1.807, 2.05) is 35.2 Å². The van der Waals surface area contributed by atoms with Gasteiger partial charge in [-0.2, -0.15) is 0 Å². The van der Waals surface area contributed by atoms with Gasteiger partial charge in [-0.05, 0) is 25.5 Å². The molecular formula is C21H28N4O3. The highest BCUT2D eigenvalue weighted by atomic mass is 16.6. The first-order chi connectivity index (χ1) is 13.6. The molecule has 7 nitrogen and oxygen atoms in total. The highest BCUT2D eigenvalue weighted by molar-refractivity contribution is 5.71. The van der Waals surface area contributed by atoms with Gasteiger partial charge in [0.15, 0.2) is 0 Å². The molecule has 3 heterocycles. The number of carbonyl (C=O) groups excluding carboxylic acids is 1. The van der Waals surface area contributed by atoms with Gasteiger partial charge < -0.3 is 14.1 Å². The largest absolute Gasteiger partial charge is 0.441 e. The molecule has 150 valence electrons. The summed E-state index contributed by atoms with van der Waals surface area (Å²) in [7, 11) is 0. The van der Waals surface area contributed by atoms with E-state index in [0.717, 1.165) is 44.3 Å². The summed E-state index contributed by atoms with van der Waals surface area (Å²) in [6.45, 7) is 7.30. The highest BCUT2D eigenvalue weighted by Crippen LogP contribution is 2.35. The lowest BCUT2D eigenvalue weighted by Gasteiger charge is -2.37. The van der Waals surface area contributed by atoms with Gasteiger partial charge in [0.05, 0.1) is 13.1 Å². The van der Waals surface area contributed by atoms with Crippen molar-refractivity contribution in [1.29, 1.82) is 0 Å². The number of carbonyl (C=O) groups is 1. The quantitative estimate of drug-likeness (QED) is 0.756. The van der Waals surface area contributed by atoms with Crippen LogP contribution in [0.15, 0.2) is 34.7 Å². The van der Waals surface area contributed by atoms with Crippen LogP contribution in [0.1, 0.15) is 45.4 Å². The Morgan fingerprint density at radius 3 is 2.64 bits per heavy atom. The summed E-state index contributed by atoms with van der Waals surface area (Å²) >= 11 is 0. The summed E-state index contributed by atoms with van der Waals surface area (Å²) in [6, 6.07) is 10.0. The average Bonchev–Trinajstić information content (AvgIpc) is 3.29. The zero-order valence-electron chi connectivity index (χ0n) is 16.6. The van der Waals surface area contributed by atoms with Gasteiger partial charge in [-0.25, -0.2) is 4.79 Å². The zero-order valence-corrected chi connectivity index (χ0v) is 16.6. The third kappa shape index (κ3) is 3.90. The standard InChI is InChI=1S/C21H28N4O3/c1-3-7-16(2)25-15-21(28-20(25)26)10-12-24(13-11-21)14-18-22-23-19(27-18)17-8-5-4-6-9-17/h4-6,8-9,16H,3,7,10-15H2,1-2H3. The van der Waals surface area contributed by atoms with Crippen LogP contribution in [0.4, 0.5) is 4.79 Å². The smallest absolute Gasteiger partial charge is 0.410 e. The summed E-state index contributed by atoms with van der Waals surface area (Å²) < 4.78 is 11.7. The Kier molecular flexibility index (Phi) is 5.35. The number of hydrogen-bond donors (Lipinski definition) is 0. The van der Waals surface area contributed by atoms with Crippen molar-refractivity contribution in [3.05, 3.63) is 36.2 Å². The predicted molar refractivity (Wildman–Crippen MR) is 105 cm³/mol. The zero-order chi connectivity index (χ0) is 19.6. The van der Waals surface area contributed by atoms with Crippen molar-refractivity contribution in [3.63, 3.8) is 0 Å². The van der Waals surface area contributed by atoms with Gasteiger partial charge in [-0.3, -0.25) is 4.90 Å². The number of benzene rings is 1. The van der Waals surface area contributed by atoms with Crippen molar-refractivity contribution < 1.29 is 13.9 Å². The van der Waals surface area contributed by atoms with Crippen molar-refractivity contribution in [1.82, 2.24) is 20.0 Å². The Morgan fingerprint density at radius 1 is 1.18 bits per heavy atom. The number of likely N-dealkylation sites (tertiary alicyclic amines) is 1. The molecule has 1 atom stereocenters. The van der Waals surface area contributed by atoms with Crippen LogP contribution in [-0.2, 0) is 11.3 Å². The number of piperidine rings is 1. The predicted octanol–water partition coefficient (Wildman–Crippen LogP) is 3.71. The second-order valence-electron chi connectivity index (χ2n) is 7.96. The van der Waals surface area contributed by atoms with E-state index < -0.39 is 0 Å². The first kappa shape index (κ1) is 18.9. The van der Waals surface area contributed by atoms with E-state index in [9.17, 15) is 4.79 Å². The first-order valence-corrected chi connectivity index (χ1v) is 10.2. The SMILES string of the molecule is CCCC(C)N1CC2(CCN(Cc3nnc(-c4ccccc4)o3)CC2)OC1=O. The highest BCUT2D eigenvalue weighted by Gasteiger charge is 2.48. The maximum absolute atomic E-state index is 12.3. The van der Waals surface area contributed by atoms with Crippen molar-refractivity contribution in [2.24, 2.45) is 0 Å². The van der Waals surface area contributed by atoms with Crippen LogP contribution >= 0.6 is 0 Å². The molecule has 0 bridgehead atoms. The molecule has 2 aromatic rings. The summed E-state index contributed by atoms with van der Waals surface area (Å²) in [4.78, 5) is 16.5. The van der Waals surface area contributed by atoms with Gasteiger partial charge in [0.25, 0.3) is 0 Å². The molecule has 1 aromatic heterocycles. The fourth-order valence-corrected chi connectivity index (χ4v) is 4.15. The summed E-state index contributed by atoms with van der Waals surface area (Å²) in [6.07, 6.45) is 3.61. The van der Waals surface area contributed by atoms with Crippen molar-refractivity contribution in [3.8, 4) is 11.5 Å². The van der Waals surface area contributed by atoms with E-state index in [1.54, 1.807) is 0 Å². The second-order valence-corrected chi connectivity index (χ2v) is 7.96. The molecule has 0 N–H and O–H groups in total. The third-order valence-corrected chi connectivity index (χ3v) is 5.85. The molecule has 0 saturated carbocycles. The summed E-state index contributed by atoms with van der Waals surface area (Å²) in [5.41, 5.74) is 0.595. The van der Waals surface area contributed by atoms with Crippen LogP contribution in [0.3, 0.4) is 0 Å². The fraction of sp³-hybridized carbons (Fsp3) is 0.571. The molecule has 0 aliphatic carbocycles. The lowest BCUT2D eigenvalue weighted by Crippen LogP contribution is -2.47. The molecule has 4 rings (SSSR count). The Balaban J connectivity index is 1.33. The van der Waals surface area contributed by atoms with Crippen molar-refractivity contribution in [2.45, 2.75) is 57.7 Å². The summed E-state index contributed by atoms with van der Waals surface area (Å²) in [5.74, 6) is 1.17. The molecular weight excluding hydrogens is 356 g/mol. The Hall–Kier alpha value is -2.41. The van der Waals surface area contributed by atoms with E-state index in [4.69, 9.17) is 9.15 Å².